The standard InChI is InChI=1S/C13H17FN2O2.ClH/c1-8-7-10(14)3-4-11(8)16-13(17)12-9(2)18-6-5-15-12;/h3-4,7,9,12,15H,5-6H2,1-2H3,(H,16,17);1H/t9-,12+;/m1./s1. The number of ether oxygens (including phenoxy) is 1. The first-order valence-electron chi connectivity index (χ1n) is 6.00. The molecular weight excluding hydrogens is 271 g/mol. The largest absolute Gasteiger partial charge is 0.375 e. The Morgan fingerprint density at radius 3 is 2.89 bits per heavy atom. The molecule has 6 heteroatoms. The summed E-state index contributed by atoms with van der Waals surface area (Å²) >= 11 is 0. The molecule has 2 atom stereocenters. The molecule has 1 heterocycles. The van der Waals surface area contributed by atoms with E-state index in [2.05, 4.69) is 10.6 Å². The van der Waals surface area contributed by atoms with Gasteiger partial charge in [-0.15, -0.1) is 12.4 Å². The van der Waals surface area contributed by atoms with Crippen LogP contribution in [0, 0.1) is 12.7 Å². The monoisotopic (exact) mass is 288 g/mol. The van der Waals surface area contributed by atoms with Crippen LogP contribution >= 0.6 is 12.4 Å². The van der Waals surface area contributed by atoms with Gasteiger partial charge < -0.3 is 15.4 Å². The van der Waals surface area contributed by atoms with Crippen LogP contribution in [-0.4, -0.2) is 31.2 Å². The number of hydrogen-bond donors (Lipinski definition) is 2. The van der Waals surface area contributed by atoms with Crippen molar-refractivity contribution >= 4 is 24.0 Å². The smallest absolute Gasteiger partial charge is 0.244 e. The summed E-state index contributed by atoms with van der Waals surface area (Å²) in [7, 11) is 0. The van der Waals surface area contributed by atoms with E-state index in [1.807, 2.05) is 6.92 Å². The number of halogens is 2. The van der Waals surface area contributed by atoms with Gasteiger partial charge in [-0.2, -0.15) is 0 Å². The van der Waals surface area contributed by atoms with Crippen molar-refractivity contribution < 1.29 is 13.9 Å². The molecule has 0 aromatic heterocycles. The molecule has 2 N–H and O–H groups in total. The number of hydrogen-bond acceptors (Lipinski definition) is 3. The molecule has 0 radical (unpaired) electrons. The Kier molecular flexibility index (Phi) is 5.72. The molecule has 1 saturated heterocycles. The average Bonchev–Trinajstić information content (AvgIpc) is 2.33. The van der Waals surface area contributed by atoms with Gasteiger partial charge in [0.1, 0.15) is 11.9 Å². The second kappa shape index (κ2) is 6.84. The third-order valence-corrected chi connectivity index (χ3v) is 3.05. The average molecular weight is 289 g/mol. The zero-order valence-electron chi connectivity index (χ0n) is 10.9. The molecule has 19 heavy (non-hydrogen) atoms. The Morgan fingerprint density at radius 1 is 1.53 bits per heavy atom. The van der Waals surface area contributed by atoms with E-state index in [0.29, 0.717) is 24.4 Å². The predicted octanol–water partition coefficient (Wildman–Crippen LogP) is 1.87. The fraction of sp³-hybridized carbons (Fsp3) is 0.462. The molecule has 0 bridgehead atoms. The maximum atomic E-state index is 13.0. The van der Waals surface area contributed by atoms with Crippen LogP contribution in [0.4, 0.5) is 10.1 Å². The Labute approximate surface area is 118 Å². The molecule has 106 valence electrons. The number of anilines is 1. The zero-order chi connectivity index (χ0) is 13.1. The molecule has 2 rings (SSSR count). The third kappa shape index (κ3) is 3.89. The van der Waals surface area contributed by atoms with Crippen molar-refractivity contribution in [3.05, 3.63) is 29.6 Å². The summed E-state index contributed by atoms with van der Waals surface area (Å²) in [5.41, 5.74) is 1.33. The van der Waals surface area contributed by atoms with Gasteiger partial charge in [0.05, 0.1) is 12.7 Å². The van der Waals surface area contributed by atoms with Crippen molar-refractivity contribution in [2.24, 2.45) is 0 Å². The molecule has 0 aliphatic carbocycles. The van der Waals surface area contributed by atoms with Crippen LogP contribution < -0.4 is 10.6 Å². The quantitative estimate of drug-likeness (QED) is 0.873. The molecule has 1 amide bonds. The number of aryl methyl sites for hydroxylation is 1. The van der Waals surface area contributed by atoms with Gasteiger partial charge in [0.2, 0.25) is 5.91 Å². The first-order chi connectivity index (χ1) is 8.58. The lowest BCUT2D eigenvalue weighted by atomic mass is 10.1. The van der Waals surface area contributed by atoms with Gasteiger partial charge in [-0.25, -0.2) is 4.39 Å². The fourth-order valence-electron chi connectivity index (χ4n) is 2.01. The molecule has 0 spiro atoms. The minimum Gasteiger partial charge on any atom is -0.375 e. The Hall–Kier alpha value is -1.17. The van der Waals surface area contributed by atoms with Crippen molar-refractivity contribution in [2.45, 2.75) is 26.0 Å². The molecule has 1 aromatic rings. The normalized spacial score (nSPS) is 22.5. The minimum absolute atomic E-state index is 0. The van der Waals surface area contributed by atoms with E-state index in [9.17, 15) is 9.18 Å². The number of carbonyl (C=O) groups excluding carboxylic acids is 1. The highest BCUT2D eigenvalue weighted by atomic mass is 35.5. The Balaban J connectivity index is 0.00000180. The summed E-state index contributed by atoms with van der Waals surface area (Å²) in [6.45, 7) is 4.88. The number of amides is 1. The maximum Gasteiger partial charge on any atom is 0.244 e. The summed E-state index contributed by atoms with van der Waals surface area (Å²) in [5, 5.41) is 5.90. The first-order valence-corrected chi connectivity index (χ1v) is 6.00. The van der Waals surface area contributed by atoms with Gasteiger partial charge in [0.15, 0.2) is 0 Å². The first kappa shape index (κ1) is 15.9. The topological polar surface area (TPSA) is 50.4 Å². The van der Waals surface area contributed by atoms with Crippen molar-refractivity contribution in [1.82, 2.24) is 5.32 Å². The molecule has 1 aliphatic rings. The summed E-state index contributed by atoms with van der Waals surface area (Å²) < 4.78 is 18.4. The van der Waals surface area contributed by atoms with E-state index in [0.717, 1.165) is 0 Å². The van der Waals surface area contributed by atoms with E-state index in [1.165, 1.54) is 12.1 Å². The van der Waals surface area contributed by atoms with Crippen LogP contribution in [0.5, 0.6) is 0 Å². The molecule has 4 nitrogen and oxygen atoms in total. The van der Waals surface area contributed by atoms with Gasteiger partial charge in [-0.05, 0) is 37.6 Å². The summed E-state index contributed by atoms with van der Waals surface area (Å²) in [6, 6.07) is 3.92. The summed E-state index contributed by atoms with van der Waals surface area (Å²) in [6.07, 6.45) is -0.167. The van der Waals surface area contributed by atoms with E-state index in [4.69, 9.17) is 4.74 Å². The molecule has 0 saturated carbocycles. The van der Waals surface area contributed by atoms with Gasteiger partial charge >= 0.3 is 0 Å². The Morgan fingerprint density at radius 2 is 2.26 bits per heavy atom. The van der Waals surface area contributed by atoms with Crippen LogP contribution in [0.25, 0.3) is 0 Å². The fourth-order valence-corrected chi connectivity index (χ4v) is 2.01. The van der Waals surface area contributed by atoms with Crippen molar-refractivity contribution in [3.8, 4) is 0 Å². The maximum absolute atomic E-state index is 13.0. The Bertz CT molecular complexity index is 456. The van der Waals surface area contributed by atoms with Crippen molar-refractivity contribution in [2.75, 3.05) is 18.5 Å². The van der Waals surface area contributed by atoms with Gasteiger partial charge in [-0.3, -0.25) is 4.79 Å². The van der Waals surface area contributed by atoms with Crippen LogP contribution in [0.1, 0.15) is 12.5 Å². The van der Waals surface area contributed by atoms with E-state index in [1.54, 1.807) is 13.0 Å². The van der Waals surface area contributed by atoms with Crippen molar-refractivity contribution in [3.63, 3.8) is 0 Å². The van der Waals surface area contributed by atoms with Crippen LogP contribution in [-0.2, 0) is 9.53 Å². The lowest BCUT2D eigenvalue weighted by Gasteiger charge is -2.29. The van der Waals surface area contributed by atoms with E-state index in [-0.39, 0.29) is 36.3 Å². The van der Waals surface area contributed by atoms with E-state index < -0.39 is 0 Å². The molecular formula is C13H18ClFN2O2. The van der Waals surface area contributed by atoms with Crippen LogP contribution in [0.2, 0.25) is 0 Å². The number of carbonyl (C=O) groups is 1. The highest BCUT2D eigenvalue weighted by Crippen LogP contribution is 2.16. The summed E-state index contributed by atoms with van der Waals surface area (Å²) in [5.74, 6) is -0.463. The molecule has 1 fully saturated rings. The lowest BCUT2D eigenvalue weighted by molar-refractivity contribution is -0.123. The van der Waals surface area contributed by atoms with Crippen molar-refractivity contribution in [1.29, 1.82) is 0 Å². The number of morpholine rings is 1. The van der Waals surface area contributed by atoms with Gasteiger partial charge in [0, 0.05) is 12.2 Å². The zero-order valence-corrected chi connectivity index (χ0v) is 11.7. The van der Waals surface area contributed by atoms with Crippen LogP contribution in [0.15, 0.2) is 18.2 Å². The predicted molar refractivity (Wildman–Crippen MR) is 74.2 cm³/mol. The third-order valence-electron chi connectivity index (χ3n) is 3.05. The van der Waals surface area contributed by atoms with Gasteiger partial charge in [0.25, 0.3) is 0 Å². The molecule has 1 aliphatic heterocycles. The second-order valence-corrected chi connectivity index (χ2v) is 4.46. The SMILES string of the molecule is Cc1cc(F)ccc1NC(=O)[C@H]1NCCO[C@@H]1C.Cl. The highest BCUT2D eigenvalue weighted by Gasteiger charge is 2.28. The van der Waals surface area contributed by atoms with Gasteiger partial charge in [-0.1, -0.05) is 0 Å². The molecule has 1 aromatic carbocycles. The number of benzene rings is 1. The minimum atomic E-state index is -0.372. The number of nitrogens with one attached hydrogen (secondary N) is 2. The second-order valence-electron chi connectivity index (χ2n) is 4.46. The lowest BCUT2D eigenvalue weighted by Crippen LogP contribution is -2.53. The summed E-state index contributed by atoms with van der Waals surface area (Å²) in [4.78, 5) is 12.1. The number of rotatable bonds is 2. The highest BCUT2D eigenvalue weighted by molar-refractivity contribution is 5.95. The van der Waals surface area contributed by atoms with Crippen LogP contribution in [0.3, 0.4) is 0 Å². The van der Waals surface area contributed by atoms with E-state index >= 15 is 0 Å². The molecule has 0 unspecified atom stereocenters.